The summed E-state index contributed by atoms with van der Waals surface area (Å²) in [5.41, 5.74) is 0.609. The SMILES string of the molecule is Cc1[nH]n(-c2ccccc2)c(=O)c1N=Nc1c(O)cc(S(=O)(=O)[O-])c2ccccc12.[Na+]. The number of aromatic amines is 1. The van der Waals surface area contributed by atoms with Gasteiger partial charge in [-0.25, -0.2) is 13.1 Å². The average Bonchev–Trinajstić information content (AvgIpc) is 3.00. The molecular formula is C20H15N4NaO5S. The first kappa shape index (κ1) is 22.9. The molecule has 0 amide bonds. The van der Waals surface area contributed by atoms with E-state index < -0.39 is 26.3 Å². The average molecular weight is 446 g/mol. The van der Waals surface area contributed by atoms with Crippen LogP contribution in [0.3, 0.4) is 0 Å². The van der Waals surface area contributed by atoms with Crippen LogP contribution in [0, 0.1) is 6.92 Å². The fourth-order valence-corrected chi connectivity index (χ4v) is 3.84. The summed E-state index contributed by atoms with van der Waals surface area (Å²) < 4.78 is 36.0. The Bertz CT molecular complexity index is 1460. The van der Waals surface area contributed by atoms with Crippen molar-refractivity contribution in [3.8, 4) is 11.4 Å². The molecule has 0 unspecified atom stereocenters. The molecule has 0 spiro atoms. The maximum Gasteiger partial charge on any atom is 1.00 e. The van der Waals surface area contributed by atoms with Gasteiger partial charge in [0.15, 0.2) is 5.69 Å². The van der Waals surface area contributed by atoms with Gasteiger partial charge in [0.2, 0.25) is 0 Å². The molecule has 2 N–H and O–H groups in total. The molecule has 0 aliphatic rings. The van der Waals surface area contributed by atoms with E-state index in [1.807, 2.05) is 6.07 Å². The Morgan fingerprint density at radius 2 is 1.55 bits per heavy atom. The monoisotopic (exact) mass is 446 g/mol. The van der Waals surface area contributed by atoms with Crippen molar-refractivity contribution in [1.82, 2.24) is 9.78 Å². The van der Waals surface area contributed by atoms with Crippen LogP contribution in [-0.4, -0.2) is 27.9 Å². The number of rotatable bonds is 4. The topological polar surface area (TPSA) is 140 Å². The molecule has 0 radical (unpaired) electrons. The van der Waals surface area contributed by atoms with Crippen LogP contribution in [0.15, 0.2) is 80.6 Å². The van der Waals surface area contributed by atoms with Gasteiger partial charge in [0.05, 0.1) is 16.3 Å². The number of phenols is 1. The van der Waals surface area contributed by atoms with Gasteiger partial charge < -0.3 is 9.66 Å². The molecule has 11 heteroatoms. The summed E-state index contributed by atoms with van der Waals surface area (Å²) in [6.45, 7) is 1.65. The van der Waals surface area contributed by atoms with Crippen molar-refractivity contribution >= 4 is 32.3 Å². The first-order valence-corrected chi connectivity index (χ1v) is 10.2. The van der Waals surface area contributed by atoms with Crippen LogP contribution in [0.1, 0.15) is 5.69 Å². The zero-order chi connectivity index (χ0) is 21.5. The maximum absolute atomic E-state index is 12.7. The number of azo groups is 1. The second kappa shape index (κ2) is 8.77. The number of hydrogen-bond acceptors (Lipinski definition) is 7. The molecule has 0 fully saturated rings. The van der Waals surface area contributed by atoms with Crippen molar-refractivity contribution in [3.05, 3.63) is 76.7 Å². The second-order valence-electron chi connectivity index (χ2n) is 6.50. The second-order valence-corrected chi connectivity index (χ2v) is 7.85. The number of H-pyrrole nitrogens is 1. The van der Waals surface area contributed by atoms with Gasteiger partial charge in [0.1, 0.15) is 21.6 Å². The number of benzene rings is 3. The first-order chi connectivity index (χ1) is 14.3. The van der Waals surface area contributed by atoms with Crippen molar-refractivity contribution in [2.45, 2.75) is 11.8 Å². The van der Waals surface area contributed by atoms with E-state index in [2.05, 4.69) is 15.3 Å². The van der Waals surface area contributed by atoms with Crippen molar-refractivity contribution in [2.75, 3.05) is 0 Å². The van der Waals surface area contributed by atoms with Crippen LogP contribution in [0.5, 0.6) is 5.75 Å². The van der Waals surface area contributed by atoms with E-state index in [1.165, 1.54) is 16.8 Å². The molecule has 1 aromatic heterocycles. The van der Waals surface area contributed by atoms with Crippen LogP contribution in [-0.2, 0) is 10.1 Å². The molecule has 4 aromatic rings. The van der Waals surface area contributed by atoms with Gasteiger partial charge in [-0.3, -0.25) is 9.89 Å². The van der Waals surface area contributed by atoms with Gasteiger partial charge in [-0.15, -0.1) is 10.2 Å². The Morgan fingerprint density at radius 3 is 2.19 bits per heavy atom. The Kier molecular flexibility index (Phi) is 6.48. The minimum atomic E-state index is -4.82. The molecule has 0 saturated heterocycles. The molecule has 0 aliphatic carbocycles. The number of aromatic hydroxyl groups is 1. The summed E-state index contributed by atoms with van der Waals surface area (Å²) in [7, 11) is -4.82. The van der Waals surface area contributed by atoms with E-state index in [0.717, 1.165) is 6.07 Å². The normalized spacial score (nSPS) is 11.7. The molecule has 152 valence electrons. The van der Waals surface area contributed by atoms with Crippen LogP contribution in [0.4, 0.5) is 11.4 Å². The third kappa shape index (κ3) is 4.34. The van der Waals surface area contributed by atoms with Gasteiger partial charge in [0, 0.05) is 16.8 Å². The summed E-state index contributed by atoms with van der Waals surface area (Å²) in [6.07, 6.45) is 0. The summed E-state index contributed by atoms with van der Waals surface area (Å²) in [5.74, 6) is -0.538. The van der Waals surface area contributed by atoms with E-state index >= 15 is 0 Å². The summed E-state index contributed by atoms with van der Waals surface area (Å²) in [5, 5.41) is 21.5. The number of aromatic nitrogens is 2. The van der Waals surface area contributed by atoms with E-state index in [9.17, 15) is 22.9 Å². The number of nitrogens with one attached hydrogen (secondary N) is 1. The number of para-hydroxylation sites is 1. The Morgan fingerprint density at radius 1 is 0.968 bits per heavy atom. The number of phenolic OH excluding ortho intramolecular Hbond substituents is 1. The zero-order valence-electron chi connectivity index (χ0n) is 16.6. The summed E-state index contributed by atoms with van der Waals surface area (Å²) in [4.78, 5) is 12.2. The molecule has 0 atom stereocenters. The van der Waals surface area contributed by atoms with Gasteiger partial charge in [-0.1, -0.05) is 42.5 Å². The molecule has 1 heterocycles. The third-order valence-corrected chi connectivity index (χ3v) is 5.41. The summed E-state index contributed by atoms with van der Waals surface area (Å²) >= 11 is 0. The van der Waals surface area contributed by atoms with E-state index in [-0.39, 0.29) is 51.7 Å². The van der Waals surface area contributed by atoms with Gasteiger partial charge >= 0.3 is 29.6 Å². The number of aryl methyl sites for hydroxylation is 1. The van der Waals surface area contributed by atoms with Crippen molar-refractivity contribution < 1.29 is 47.6 Å². The minimum Gasteiger partial charge on any atom is -0.744 e. The molecule has 0 saturated carbocycles. The predicted molar refractivity (Wildman–Crippen MR) is 109 cm³/mol. The molecular weight excluding hydrogens is 431 g/mol. The van der Waals surface area contributed by atoms with Gasteiger partial charge in [-0.2, -0.15) is 0 Å². The van der Waals surface area contributed by atoms with Crippen molar-refractivity contribution in [2.24, 2.45) is 10.2 Å². The zero-order valence-corrected chi connectivity index (χ0v) is 19.4. The minimum absolute atomic E-state index is 0. The van der Waals surface area contributed by atoms with Gasteiger partial charge in [0.25, 0.3) is 5.56 Å². The van der Waals surface area contributed by atoms with Crippen LogP contribution < -0.4 is 35.1 Å². The number of nitrogens with zero attached hydrogens (tertiary/aromatic N) is 3. The quantitative estimate of drug-likeness (QED) is 0.269. The number of fused-ring (bicyclic) bond motifs is 1. The standard InChI is InChI=1S/C20H16N4O5S.Na/c1-12-18(20(26)24(23-12)13-7-3-2-4-8-13)21-22-19-15-10-6-5-9-14(15)17(11-16(19)25)30(27,28)29;/h2-11,23,25H,1H3,(H,27,28,29);/q;+1/p-1. The fourth-order valence-electron chi connectivity index (χ4n) is 3.14. The molecule has 3 aromatic carbocycles. The maximum atomic E-state index is 12.7. The summed E-state index contributed by atoms with van der Waals surface area (Å²) in [6, 6.07) is 15.8. The van der Waals surface area contributed by atoms with E-state index in [0.29, 0.717) is 11.4 Å². The van der Waals surface area contributed by atoms with Crippen LogP contribution in [0.25, 0.3) is 16.5 Å². The van der Waals surface area contributed by atoms with Crippen molar-refractivity contribution in [3.63, 3.8) is 0 Å². The largest absolute Gasteiger partial charge is 1.00 e. The Hall–Kier alpha value is -2.76. The molecule has 9 nitrogen and oxygen atoms in total. The molecule has 4 rings (SSSR count). The third-order valence-electron chi connectivity index (χ3n) is 4.53. The number of hydrogen-bond donors (Lipinski definition) is 2. The van der Waals surface area contributed by atoms with Crippen molar-refractivity contribution in [1.29, 1.82) is 0 Å². The molecule has 0 bridgehead atoms. The smallest absolute Gasteiger partial charge is 0.744 e. The first-order valence-electron chi connectivity index (χ1n) is 8.77. The van der Waals surface area contributed by atoms with Gasteiger partial charge in [-0.05, 0) is 19.1 Å². The molecule has 31 heavy (non-hydrogen) atoms. The Balaban J connectivity index is 0.00000272. The van der Waals surface area contributed by atoms with E-state index in [4.69, 9.17) is 0 Å². The predicted octanol–water partition coefficient (Wildman–Crippen LogP) is 0.656. The molecule has 0 aliphatic heterocycles. The Labute approximate surface area is 199 Å². The van der Waals surface area contributed by atoms with E-state index in [1.54, 1.807) is 43.3 Å². The fraction of sp³-hybridized carbons (Fsp3) is 0.0500. The van der Waals surface area contributed by atoms with Crippen LogP contribution >= 0.6 is 0 Å². The van der Waals surface area contributed by atoms with Crippen LogP contribution in [0.2, 0.25) is 0 Å².